The maximum absolute atomic E-state index is 12.7. The number of carbonyl (C=O) groups excluding carboxylic acids is 1. The lowest BCUT2D eigenvalue weighted by molar-refractivity contribution is 0.102. The van der Waals surface area contributed by atoms with Crippen molar-refractivity contribution in [2.45, 2.75) is 18.9 Å². The van der Waals surface area contributed by atoms with Gasteiger partial charge in [0.2, 0.25) is 0 Å². The van der Waals surface area contributed by atoms with Gasteiger partial charge < -0.3 is 20.5 Å². The Morgan fingerprint density at radius 3 is 2.59 bits per heavy atom. The number of pyridine rings is 2. The second-order valence-corrected chi connectivity index (χ2v) is 8.12. The number of fused-ring (bicyclic) bond motifs is 1. The van der Waals surface area contributed by atoms with Crippen molar-refractivity contribution < 1.29 is 4.79 Å². The molecule has 0 unspecified atom stereocenters. The fraction of sp³-hybridized carbons (Fsp3) is 0.409. The summed E-state index contributed by atoms with van der Waals surface area (Å²) in [6.07, 6.45) is 5.83. The van der Waals surface area contributed by atoms with Gasteiger partial charge in [0.05, 0.1) is 11.1 Å². The molecule has 0 spiro atoms. The molecule has 32 heavy (non-hydrogen) atoms. The molecule has 0 radical (unpaired) electrons. The van der Waals surface area contributed by atoms with Crippen LogP contribution in [0.25, 0.3) is 10.9 Å². The van der Waals surface area contributed by atoms with Crippen LogP contribution in [0.1, 0.15) is 34.9 Å². The Morgan fingerprint density at radius 1 is 1.09 bits per heavy atom. The van der Waals surface area contributed by atoms with Gasteiger partial charge in [-0.25, -0.2) is 9.97 Å². The Kier molecular flexibility index (Phi) is 7.95. The van der Waals surface area contributed by atoms with E-state index in [-0.39, 0.29) is 30.7 Å². The van der Waals surface area contributed by atoms with E-state index in [4.69, 9.17) is 0 Å². The Hall–Kier alpha value is -2.39. The minimum absolute atomic E-state index is 0. The highest BCUT2D eigenvalue weighted by Crippen LogP contribution is 2.32. The molecule has 0 aromatic carbocycles. The highest BCUT2D eigenvalue weighted by atomic mass is 35.5. The van der Waals surface area contributed by atoms with E-state index in [1.54, 1.807) is 6.20 Å². The lowest BCUT2D eigenvalue weighted by Gasteiger charge is -2.28. The average molecular weight is 478 g/mol. The molecule has 2 fully saturated rings. The number of nitrogens with zero attached hydrogens (tertiary/aromatic N) is 4. The molecule has 172 valence electrons. The van der Waals surface area contributed by atoms with Gasteiger partial charge in [-0.1, -0.05) is 0 Å². The molecule has 5 rings (SSSR count). The predicted octanol–water partition coefficient (Wildman–Crippen LogP) is 3.23. The lowest BCUT2D eigenvalue weighted by Crippen LogP contribution is -2.43. The summed E-state index contributed by atoms with van der Waals surface area (Å²) in [5, 5.41) is 7.28. The number of aromatic amines is 1. The van der Waals surface area contributed by atoms with Crippen LogP contribution in [0.4, 0.5) is 11.6 Å². The molecule has 5 heterocycles. The maximum atomic E-state index is 12.7. The van der Waals surface area contributed by atoms with E-state index in [9.17, 15) is 4.79 Å². The zero-order chi connectivity index (χ0) is 20.5. The van der Waals surface area contributed by atoms with Crippen LogP contribution < -0.4 is 15.5 Å². The number of amides is 1. The Balaban J connectivity index is 0.00000144. The molecule has 10 heteroatoms. The molecule has 0 aliphatic carbocycles. The first-order valence-corrected chi connectivity index (χ1v) is 10.6. The molecule has 2 aliphatic heterocycles. The van der Waals surface area contributed by atoms with Crippen molar-refractivity contribution in [1.82, 2.24) is 25.2 Å². The van der Waals surface area contributed by atoms with Crippen LogP contribution in [-0.2, 0) is 0 Å². The molecule has 2 aliphatic rings. The second kappa shape index (κ2) is 10.5. The van der Waals surface area contributed by atoms with E-state index >= 15 is 0 Å². The molecule has 8 nitrogen and oxygen atoms in total. The van der Waals surface area contributed by atoms with Gasteiger partial charge in [0.15, 0.2) is 0 Å². The van der Waals surface area contributed by atoms with Gasteiger partial charge in [0, 0.05) is 61.8 Å². The zero-order valence-corrected chi connectivity index (χ0v) is 19.6. The maximum Gasteiger partial charge on any atom is 0.258 e. The molecular formula is C22H29Cl2N7O. The van der Waals surface area contributed by atoms with Crippen molar-refractivity contribution in [3.05, 3.63) is 47.9 Å². The van der Waals surface area contributed by atoms with Crippen molar-refractivity contribution in [1.29, 1.82) is 0 Å². The summed E-state index contributed by atoms with van der Waals surface area (Å²) in [4.78, 5) is 29.7. The van der Waals surface area contributed by atoms with Crippen molar-refractivity contribution in [2.24, 2.45) is 0 Å². The fourth-order valence-electron chi connectivity index (χ4n) is 4.39. The van der Waals surface area contributed by atoms with Crippen LogP contribution >= 0.6 is 24.8 Å². The first kappa shape index (κ1) is 24.3. The van der Waals surface area contributed by atoms with Crippen LogP contribution in [0.2, 0.25) is 0 Å². The van der Waals surface area contributed by atoms with E-state index in [1.165, 1.54) is 12.1 Å². The van der Waals surface area contributed by atoms with Crippen molar-refractivity contribution in [2.75, 3.05) is 50.0 Å². The number of aromatic nitrogens is 3. The number of rotatable bonds is 4. The van der Waals surface area contributed by atoms with E-state index in [2.05, 4.69) is 48.5 Å². The van der Waals surface area contributed by atoms with Gasteiger partial charge in [-0.3, -0.25) is 9.69 Å². The number of nitrogens with one attached hydrogen (secondary N) is 3. The summed E-state index contributed by atoms with van der Waals surface area (Å²) in [7, 11) is 2.16. The molecular weight excluding hydrogens is 449 g/mol. The number of piperazine rings is 1. The van der Waals surface area contributed by atoms with Crippen LogP contribution in [-0.4, -0.2) is 65.5 Å². The molecule has 2 saturated heterocycles. The topological polar surface area (TPSA) is 89.2 Å². The smallest absolute Gasteiger partial charge is 0.258 e. The molecule has 3 aromatic rings. The number of hydrogen-bond acceptors (Lipinski definition) is 6. The summed E-state index contributed by atoms with van der Waals surface area (Å²) in [6.45, 7) is 4.89. The quantitative estimate of drug-likeness (QED) is 0.534. The average Bonchev–Trinajstić information content (AvgIpc) is 3.39. The highest BCUT2D eigenvalue weighted by molar-refractivity contribution is 6.04. The van der Waals surface area contributed by atoms with Crippen molar-refractivity contribution in [3.63, 3.8) is 0 Å². The zero-order valence-electron chi connectivity index (χ0n) is 18.0. The Morgan fingerprint density at radius 2 is 1.91 bits per heavy atom. The fourth-order valence-corrected chi connectivity index (χ4v) is 4.39. The monoisotopic (exact) mass is 477 g/mol. The minimum atomic E-state index is -0.205. The second-order valence-electron chi connectivity index (χ2n) is 8.12. The highest BCUT2D eigenvalue weighted by Gasteiger charge is 2.24. The minimum Gasteiger partial charge on any atom is -0.357 e. The van der Waals surface area contributed by atoms with Gasteiger partial charge in [-0.2, -0.15) is 0 Å². The number of hydrogen-bond donors (Lipinski definition) is 3. The lowest BCUT2D eigenvalue weighted by atomic mass is 10.1. The molecule has 0 saturated carbocycles. The SMILES string of the molecule is CN1CCC[C@@H]1c1cc2cnc(NC(=O)c3ccc(N4CCNCC4)nc3)cc2[nH]1.Cl.Cl. The van der Waals surface area contributed by atoms with Crippen molar-refractivity contribution >= 4 is 53.3 Å². The molecule has 0 bridgehead atoms. The van der Waals surface area contributed by atoms with E-state index in [0.717, 1.165) is 55.9 Å². The van der Waals surface area contributed by atoms with Gasteiger partial charge in [0.1, 0.15) is 11.6 Å². The summed E-state index contributed by atoms with van der Waals surface area (Å²) in [5.74, 6) is 1.23. The molecule has 3 N–H and O–H groups in total. The van der Waals surface area contributed by atoms with Gasteiger partial charge in [-0.05, 0) is 44.6 Å². The summed E-state index contributed by atoms with van der Waals surface area (Å²) < 4.78 is 0. The first-order chi connectivity index (χ1) is 14.7. The van der Waals surface area contributed by atoms with Crippen LogP contribution in [0.3, 0.4) is 0 Å². The van der Waals surface area contributed by atoms with Gasteiger partial charge in [-0.15, -0.1) is 24.8 Å². The van der Waals surface area contributed by atoms with Crippen molar-refractivity contribution in [3.8, 4) is 0 Å². The number of likely N-dealkylation sites (tertiary alicyclic amines) is 1. The normalized spacial score (nSPS) is 18.8. The van der Waals surface area contributed by atoms with Crippen LogP contribution in [0.5, 0.6) is 0 Å². The molecule has 1 amide bonds. The number of H-pyrrole nitrogens is 1. The molecule has 1 atom stereocenters. The predicted molar refractivity (Wildman–Crippen MR) is 132 cm³/mol. The molecule has 3 aromatic heterocycles. The largest absolute Gasteiger partial charge is 0.357 e. The third-order valence-electron chi connectivity index (χ3n) is 6.10. The summed E-state index contributed by atoms with van der Waals surface area (Å²) in [6, 6.07) is 8.22. The number of halogens is 2. The number of carbonyl (C=O) groups is 1. The van der Waals surface area contributed by atoms with E-state index in [0.29, 0.717) is 17.4 Å². The first-order valence-electron chi connectivity index (χ1n) is 10.6. The Labute approximate surface area is 200 Å². The van der Waals surface area contributed by atoms with E-state index < -0.39 is 0 Å². The van der Waals surface area contributed by atoms with Crippen LogP contribution in [0, 0.1) is 0 Å². The Bertz CT molecular complexity index is 1050. The van der Waals surface area contributed by atoms with Gasteiger partial charge in [0.25, 0.3) is 5.91 Å². The third-order valence-corrected chi connectivity index (χ3v) is 6.10. The standard InChI is InChI=1S/C22H27N7O.2ClH/c1-28-8-2-3-19(28)18-11-16-14-24-20(12-17(16)26-18)27-22(30)15-4-5-21(25-13-15)29-9-6-23-7-10-29;;/h4-5,11-14,19,23,26H,2-3,6-10H2,1H3,(H,24,27,30);2*1H/t19-;;/m1../s1. The number of anilines is 2. The summed E-state index contributed by atoms with van der Waals surface area (Å²) >= 11 is 0. The van der Waals surface area contributed by atoms with Crippen LogP contribution in [0.15, 0.2) is 36.7 Å². The van der Waals surface area contributed by atoms with E-state index in [1.807, 2.05) is 24.4 Å². The van der Waals surface area contributed by atoms with Gasteiger partial charge >= 0.3 is 0 Å². The summed E-state index contributed by atoms with van der Waals surface area (Å²) in [5.41, 5.74) is 2.72. The third kappa shape index (κ3) is 4.99.